The molecule has 0 radical (unpaired) electrons. The van der Waals surface area contributed by atoms with Crippen LogP contribution in [-0.4, -0.2) is 25.4 Å². The van der Waals surface area contributed by atoms with Crippen molar-refractivity contribution in [1.29, 1.82) is 5.41 Å². The van der Waals surface area contributed by atoms with Crippen LogP contribution in [-0.2, 0) is 6.54 Å². The number of amidine groups is 1. The second-order valence-electron chi connectivity index (χ2n) is 3.85. The van der Waals surface area contributed by atoms with E-state index in [1.165, 1.54) is 6.33 Å². The number of nitrogens with two attached hydrogens (primary N) is 2. The van der Waals surface area contributed by atoms with Crippen LogP contribution in [0, 0.1) is 5.41 Å². The quantitative estimate of drug-likeness (QED) is 0.395. The number of aromatic nitrogens is 4. The van der Waals surface area contributed by atoms with E-state index in [1.54, 1.807) is 6.33 Å². The normalized spacial score (nSPS) is 10.8. The Bertz CT molecular complexity index is 530. The molecule has 0 saturated carbocycles. The number of unbranched alkanes of at least 4 members (excludes halogenated alkanes) is 1. The lowest BCUT2D eigenvalue weighted by atomic mass is 10.2. The van der Waals surface area contributed by atoms with Crippen LogP contribution in [0.5, 0.6) is 0 Å². The maximum atomic E-state index is 7.13. The number of anilines is 1. The summed E-state index contributed by atoms with van der Waals surface area (Å²) in [7, 11) is 0. The lowest BCUT2D eigenvalue weighted by Crippen LogP contribution is -2.09. The van der Waals surface area contributed by atoms with Gasteiger partial charge in [0.2, 0.25) is 0 Å². The van der Waals surface area contributed by atoms with Crippen LogP contribution in [0.25, 0.3) is 11.2 Å². The van der Waals surface area contributed by atoms with Gasteiger partial charge in [-0.1, -0.05) is 0 Å². The molecule has 2 heterocycles. The molecule has 0 unspecified atom stereocenters. The third-order valence-electron chi connectivity index (χ3n) is 2.52. The Morgan fingerprint density at radius 1 is 1.29 bits per heavy atom. The smallest absolute Gasteiger partial charge is 0.165 e. The van der Waals surface area contributed by atoms with Crippen molar-refractivity contribution in [2.45, 2.75) is 25.8 Å². The van der Waals surface area contributed by atoms with Crippen molar-refractivity contribution >= 4 is 22.8 Å². The van der Waals surface area contributed by atoms with Gasteiger partial charge < -0.3 is 16.0 Å². The highest BCUT2D eigenvalue weighted by Crippen LogP contribution is 2.14. The van der Waals surface area contributed by atoms with Gasteiger partial charge in [-0.2, -0.15) is 0 Å². The number of nitrogens with one attached hydrogen (secondary N) is 1. The predicted molar refractivity (Wildman–Crippen MR) is 65.5 cm³/mol. The molecule has 2 aromatic heterocycles. The van der Waals surface area contributed by atoms with Gasteiger partial charge in [0, 0.05) is 13.0 Å². The van der Waals surface area contributed by atoms with E-state index in [-0.39, 0.29) is 5.84 Å². The van der Waals surface area contributed by atoms with Crippen LogP contribution in [0.3, 0.4) is 0 Å². The van der Waals surface area contributed by atoms with E-state index >= 15 is 0 Å². The fourth-order valence-corrected chi connectivity index (χ4v) is 1.66. The zero-order chi connectivity index (χ0) is 12.3. The molecular weight excluding hydrogens is 218 g/mol. The Kier molecular flexibility index (Phi) is 3.17. The van der Waals surface area contributed by atoms with Crippen molar-refractivity contribution in [3.63, 3.8) is 0 Å². The second-order valence-corrected chi connectivity index (χ2v) is 3.85. The SMILES string of the molecule is N=C(N)CCCCn1cnc2c(N)ncnc21. The molecule has 0 aliphatic rings. The number of nitrogen functional groups attached to an aromatic ring is 1. The first-order valence-corrected chi connectivity index (χ1v) is 5.42. The molecular formula is C10H15N7. The largest absolute Gasteiger partial charge is 0.388 e. The molecule has 2 rings (SSSR count). The highest BCUT2D eigenvalue weighted by atomic mass is 15.1. The number of imidazole rings is 1. The van der Waals surface area contributed by atoms with Crippen LogP contribution >= 0.6 is 0 Å². The van der Waals surface area contributed by atoms with E-state index in [1.807, 2.05) is 4.57 Å². The average Bonchev–Trinajstić information content (AvgIpc) is 2.69. The van der Waals surface area contributed by atoms with E-state index in [4.69, 9.17) is 16.9 Å². The van der Waals surface area contributed by atoms with Gasteiger partial charge in [-0.05, 0) is 12.8 Å². The molecule has 0 aliphatic heterocycles. The van der Waals surface area contributed by atoms with Crippen LogP contribution in [0.4, 0.5) is 5.82 Å². The van der Waals surface area contributed by atoms with Crippen molar-refractivity contribution in [2.24, 2.45) is 5.73 Å². The van der Waals surface area contributed by atoms with Crippen LogP contribution in [0.1, 0.15) is 19.3 Å². The highest BCUT2D eigenvalue weighted by Gasteiger charge is 2.06. The maximum Gasteiger partial charge on any atom is 0.165 e. The third kappa shape index (κ3) is 2.49. The van der Waals surface area contributed by atoms with E-state index in [2.05, 4.69) is 15.0 Å². The topological polar surface area (TPSA) is 119 Å². The molecule has 2 aromatic rings. The molecule has 0 fully saturated rings. The lowest BCUT2D eigenvalue weighted by Gasteiger charge is -2.03. The number of rotatable bonds is 5. The zero-order valence-electron chi connectivity index (χ0n) is 9.43. The van der Waals surface area contributed by atoms with Gasteiger partial charge in [0.15, 0.2) is 11.5 Å². The number of hydrogen-bond donors (Lipinski definition) is 3. The Balaban J connectivity index is 2.04. The third-order valence-corrected chi connectivity index (χ3v) is 2.52. The van der Waals surface area contributed by atoms with Gasteiger partial charge in [0.25, 0.3) is 0 Å². The molecule has 0 aliphatic carbocycles. The van der Waals surface area contributed by atoms with E-state index in [0.29, 0.717) is 17.8 Å². The number of hydrogen-bond acceptors (Lipinski definition) is 5. The van der Waals surface area contributed by atoms with Gasteiger partial charge in [0.1, 0.15) is 11.8 Å². The molecule has 7 heteroatoms. The monoisotopic (exact) mass is 233 g/mol. The van der Waals surface area contributed by atoms with Crippen molar-refractivity contribution in [1.82, 2.24) is 19.5 Å². The Morgan fingerprint density at radius 3 is 2.88 bits per heavy atom. The number of fused-ring (bicyclic) bond motifs is 1. The van der Waals surface area contributed by atoms with Gasteiger partial charge in [0.05, 0.1) is 12.2 Å². The van der Waals surface area contributed by atoms with Crippen LogP contribution < -0.4 is 11.5 Å². The highest BCUT2D eigenvalue weighted by molar-refractivity contribution is 5.81. The Morgan fingerprint density at radius 2 is 2.12 bits per heavy atom. The summed E-state index contributed by atoms with van der Waals surface area (Å²) >= 11 is 0. The lowest BCUT2D eigenvalue weighted by molar-refractivity contribution is 0.627. The average molecular weight is 233 g/mol. The molecule has 7 nitrogen and oxygen atoms in total. The molecule has 0 atom stereocenters. The molecule has 5 N–H and O–H groups in total. The fourth-order valence-electron chi connectivity index (χ4n) is 1.66. The summed E-state index contributed by atoms with van der Waals surface area (Å²) in [6.45, 7) is 0.792. The summed E-state index contributed by atoms with van der Waals surface area (Å²) in [5.74, 6) is 0.629. The molecule has 0 bridgehead atoms. The van der Waals surface area contributed by atoms with Gasteiger partial charge in [-0.3, -0.25) is 5.41 Å². The van der Waals surface area contributed by atoms with E-state index in [0.717, 1.165) is 25.0 Å². The Labute approximate surface area is 98.4 Å². The molecule has 0 amide bonds. The van der Waals surface area contributed by atoms with E-state index < -0.39 is 0 Å². The molecule has 17 heavy (non-hydrogen) atoms. The minimum Gasteiger partial charge on any atom is -0.388 e. The molecule has 0 aromatic carbocycles. The second kappa shape index (κ2) is 4.77. The van der Waals surface area contributed by atoms with Crippen molar-refractivity contribution in [3.05, 3.63) is 12.7 Å². The van der Waals surface area contributed by atoms with Crippen LogP contribution in [0.2, 0.25) is 0 Å². The first kappa shape index (κ1) is 11.3. The summed E-state index contributed by atoms with van der Waals surface area (Å²) in [6, 6.07) is 0. The van der Waals surface area contributed by atoms with E-state index in [9.17, 15) is 0 Å². The van der Waals surface area contributed by atoms with Crippen LogP contribution in [0.15, 0.2) is 12.7 Å². The minimum atomic E-state index is 0.229. The summed E-state index contributed by atoms with van der Waals surface area (Å²) in [6.07, 6.45) is 5.59. The summed E-state index contributed by atoms with van der Waals surface area (Å²) < 4.78 is 1.94. The van der Waals surface area contributed by atoms with Gasteiger partial charge >= 0.3 is 0 Å². The standard InChI is InChI=1S/C10H15N7/c11-7(12)3-1-2-4-17-6-16-8-9(13)14-5-15-10(8)17/h5-6H,1-4H2,(H3,11,12)(H2,13,14,15). The van der Waals surface area contributed by atoms with Gasteiger partial charge in [-0.25, -0.2) is 15.0 Å². The fraction of sp³-hybridized carbons (Fsp3) is 0.400. The Hall–Kier alpha value is -2.18. The zero-order valence-corrected chi connectivity index (χ0v) is 9.43. The minimum absolute atomic E-state index is 0.229. The molecule has 0 saturated heterocycles. The van der Waals surface area contributed by atoms with Crippen molar-refractivity contribution < 1.29 is 0 Å². The summed E-state index contributed by atoms with van der Waals surface area (Å²) in [5.41, 5.74) is 12.4. The number of nitrogens with zero attached hydrogens (tertiary/aromatic N) is 4. The van der Waals surface area contributed by atoms with Crippen molar-refractivity contribution in [3.8, 4) is 0 Å². The summed E-state index contributed by atoms with van der Waals surface area (Å²) in [5, 5.41) is 7.13. The first-order chi connectivity index (χ1) is 8.18. The molecule has 90 valence electrons. The van der Waals surface area contributed by atoms with Crippen molar-refractivity contribution in [2.75, 3.05) is 5.73 Å². The maximum absolute atomic E-state index is 7.13. The predicted octanol–water partition coefficient (Wildman–Crippen LogP) is 0.515. The van der Waals surface area contributed by atoms with Gasteiger partial charge in [-0.15, -0.1) is 0 Å². The first-order valence-electron chi connectivity index (χ1n) is 5.42. The molecule has 0 spiro atoms. The summed E-state index contributed by atoms with van der Waals surface area (Å²) in [4.78, 5) is 12.2. The number of aryl methyl sites for hydroxylation is 1.